The molecule has 0 saturated heterocycles. The smallest absolute Gasteiger partial charge is 0.148 e. The number of hydrogen-bond donors (Lipinski definition) is 2. The fraction of sp³-hybridized carbons (Fsp3) is 0.769. The summed E-state index contributed by atoms with van der Waals surface area (Å²) in [5.74, 6) is 1.74. The lowest BCUT2D eigenvalue weighted by molar-refractivity contribution is 0.348. The molecular formula is C13H24N4. The number of rotatable bonds is 3. The van der Waals surface area contributed by atoms with Crippen LogP contribution in [0.25, 0.3) is 0 Å². The SMILES string of the molecule is CCn1nc(C)c(N)c1NC1CCCCC1C. The lowest BCUT2D eigenvalue weighted by atomic mass is 9.86. The van der Waals surface area contributed by atoms with Crippen molar-refractivity contribution in [3.63, 3.8) is 0 Å². The first-order chi connectivity index (χ1) is 8.13. The van der Waals surface area contributed by atoms with Gasteiger partial charge < -0.3 is 11.1 Å². The molecule has 0 spiro atoms. The minimum atomic E-state index is 0.549. The van der Waals surface area contributed by atoms with Crippen molar-refractivity contribution in [3.05, 3.63) is 5.69 Å². The van der Waals surface area contributed by atoms with Gasteiger partial charge in [-0.05, 0) is 32.6 Å². The number of aryl methyl sites for hydroxylation is 2. The molecule has 1 fully saturated rings. The van der Waals surface area contributed by atoms with Gasteiger partial charge in [0.15, 0.2) is 0 Å². The van der Waals surface area contributed by atoms with E-state index in [0.29, 0.717) is 6.04 Å². The Morgan fingerprint density at radius 1 is 1.41 bits per heavy atom. The van der Waals surface area contributed by atoms with E-state index in [4.69, 9.17) is 5.73 Å². The average molecular weight is 236 g/mol. The van der Waals surface area contributed by atoms with Crippen LogP contribution in [0.5, 0.6) is 0 Å². The fourth-order valence-electron chi connectivity index (χ4n) is 2.68. The van der Waals surface area contributed by atoms with Crippen LogP contribution in [0.15, 0.2) is 0 Å². The normalized spacial score (nSPS) is 24.9. The Hall–Kier alpha value is -1.19. The zero-order chi connectivity index (χ0) is 12.4. The largest absolute Gasteiger partial charge is 0.394 e. The Bertz CT molecular complexity index is 383. The summed E-state index contributed by atoms with van der Waals surface area (Å²) < 4.78 is 1.98. The summed E-state index contributed by atoms with van der Waals surface area (Å²) in [7, 11) is 0. The number of hydrogen-bond acceptors (Lipinski definition) is 3. The van der Waals surface area contributed by atoms with Gasteiger partial charge >= 0.3 is 0 Å². The Kier molecular flexibility index (Phi) is 3.60. The molecule has 2 rings (SSSR count). The third-order valence-corrected chi connectivity index (χ3v) is 3.91. The second-order valence-electron chi connectivity index (χ2n) is 5.18. The first-order valence-electron chi connectivity index (χ1n) is 6.73. The van der Waals surface area contributed by atoms with Crippen molar-refractivity contribution in [2.45, 2.75) is 59.0 Å². The summed E-state index contributed by atoms with van der Waals surface area (Å²) in [6.07, 6.45) is 5.24. The van der Waals surface area contributed by atoms with Gasteiger partial charge in [-0.1, -0.05) is 19.8 Å². The molecule has 2 unspecified atom stereocenters. The van der Waals surface area contributed by atoms with Crippen LogP contribution in [0.1, 0.15) is 45.2 Å². The number of nitrogens with one attached hydrogen (secondary N) is 1. The van der Waals surface area contributed by atoms with E-state index in [-0.39, 0.29) is 0 Å². The Labute approximate surface area is 104 Å². The predicted molar refractivity (Wildman–Crippen MR) is 72.1 cm³/mol. The molecule has 1 aliphatic carbocycles. The molecule has 1 heterocycles. The molecule has 17 heavy (non-hydrogen) atoms. The van der Waals surface area contributed by atoms with Crippen LogP contribution in [0.2, 0.25) is 0 Å². The van der Waals surface area contributed by atoms with Crippen molar-refractivity contribution < 1.29 is 0 Å². The highest BCUT2D eigenvalue weighted by Gasteiger charge is 2.23. The van der Waals surface area contributed by atoms with Crippen LogP contribution in [-0.4, -0.2) is 15.8 Å². The van der Waals surface area contributed by atoms with Crippen molar-refractivity contribution in [2.75, 3.05) is 11.1 Å². The standard InChI is InChI=1S/C13H24N4/c1-4-17-13(12(14)10(3)16-17)15-11-8-6-5-7-9(11)2/h9,11,15H,4-8,14H2,1-3H3. The number of anilines is 2. The third-order valence-electron chi connectivity index (χ3n) is 3.91. The topological polar surface area (TPSA) is 55.9 Å². The van der Waals surface area contributed by atoms with E-state index in [1.54, 1.807) is 0 Å². The summed E-state index contributed by atoms with van der Waals surface area (Å²) in [6, 6.07) is 0.549. The van der Waals surface area contributed by atoms with Crippen molar-refractivity contribution >= 4 is 11.5 Å². The third kappa shape index (κ3) is 2.40. The fourth-order valence-corrected chi connectivity index (χ4v) is 2.68. The van der Waals surface area contributed by atoms with Gasteiger partial charge in [-0.3, -0.25) is 0 Å². The maximum absolute atomic E-state index is 6.10. The molecule has 1 aromatic rings. The van der Waals surface area contributed by atoms with E-state index in [1.807, 2.05) is 11.6 Å². The van der Waals surface area contributed by atoms with Gasteiger partial charge in [-0.2, -0.15) is 5.10 Å². The first kappa shape index (κ1) is 12.3. The molecule has 0 bridgehead atoms. The van der Waals surface area contributed by atoms with Crippen molar-refractivity contribution in [1.82, 2.24) is 9.78 Å². The highest BCUT2D eigenvalue weighted by atomic mass is 15.3. The van der Waals surface area contributed by atoms with E-state index in [2.05, 4.69) is 24.3 Å². The zero-order valence-electron chi connectivity index (χ0n) is 11.2. The van der Waals surface area contributed by atoms with Gasteiger partial charge in [-0.15, -0.1) is 0 Å². The lowest BCUT2D eigenvalue weighted by Crippen LogP contribution is -2.31. The zero-order valence-corrected chi connectivity index (χ0v) is 11.2. The van der Waals surface area contributed by atoms with Gasteiger partial charge in [-0.25, -0.2) is 4.68 Å². The summed E-state index contributed by atoms with van der Waals surface area (Å²) in [5.41, 5.74) is 7.83. The molecule has 1 saturated carbocycles. The maximum atomic E-state index is 6.10. The molecule has 4 heteroatoms. The predicted octanol–water partition coefficient (Wildman–Crippen LogP) is 2.78. The minimum absolute atomic E-state index is 0.549. The molecule has 0 aromatic carbocycles. The molecule has 1 aliphatic rings. The second kappa shape index (κ2) is 4.98. The van der Waals surface area contributed by atoms with Crippen LogP contribution in [0, 0.1) is 12.8 Å². The van der Waals surface area contributed by atoms with Crippen LogP contribution in [-0.2, 0) is 6.54 Å². The molecule has 4 nitrogen and oxygen atoms in total. The van der Waals surface area contributed by atoms with E-state index >= 15 is 0 Å². The quantitative estimate of drug-likeness (QED) is 0.848. The summed E-state index contributed by atoms with van der Waals surface area (Å²) >= 11 is 0. The molecule has 0 aliphatic heterocycles. The van der Waals surface area contributed by atoms with Crippen LogP contribution >= 0.6 is 0 Å². The second-order valence-corrected chi connectivity index (χ2v) is 5.18. The Morgan fingerprint density at radius 3 is 2.76 bits per heavy atom. The average Bonchev–Trinajstić information content (AvgIpc) is 2.59. The van der Waals surface area contributed by atoms with E-state index < -0.39 is 0 Å². The summed E-state index contributed by atoms with van der Waals surface area (Å²) in [6.45, 7) is 7.26. The van der Waals surface area contributed by atoms with Crippen molar-refractivity contribution in [2.24, 2.45) is 5.92 Å². The number of nitrogens with two attached hydrogens (primary N) is 1. The van der Waals surface area contributed by atoms with Crippen LogP contribution in [0.3, 0.4) is 0 Å². The number of nitrogen functional groups attached to an aromatic ring is 1. The molecule has 3 N–H and O–H groups in total. The highest BCUT2D eigenvalue weighted by molar-refractivity contribution is 5.65. The highest BCUT2D eigenvalue weighted by Crippen LogP contribution is 2.30. The van der Waals surface area contributed by atoms with E-state index in [1.165, 1.54) is 25.7 Å². The lowest BCUT2D eigenvalue weighted by Gasteiger charge is -2.30. The number of aromatic nitrogens is 2. The Morgan fingerprint density at radius 2 is 2.12 bits per heavy atom. The summed E-state index contributed by atoms with van der Waals surface area (Å²) in [5, 5.41) is 8.06. The molecule has 2 atom stereocenters. The van der Waals surface area contributed by atoms with E-state index in [9.17, 15) is 0 Å². The minimum Gasteiger partial charge on any atom is -0.394 e. The molecule has 1 aromatic heterocycles. The molecule has 96 valence electrons. The van der Waals surface area contributed by atoms with Gasteiger partial charge in [0.05, 0.1) is 11.4 Å². The van der Waals surface area contributed by atoms with Crippen molar-refractivity contribution in [1.29, 1.82) is 0 Å². The Balaban J connectivity index is 2.16. The van der Waals surface area contributed by atoms with Gasteiger partial charge in [0, 0.05) is 12.6 Å². The monoisotopic (exact) mass is 236 g/mol. The summed E-state index contributed by atoms with van der Waals surface area (Å²) in [4.78, 5) is 0. The molecular weight excluding hydrogens is 212 g/mol. The van der Waals surface area contributed by atoms with Crippen molar-refractivity contribution in [3.8, 4) is 0 Å². The van der Waals surface area contributed by atoms with Gasteiger partial charge in [0.25, 0.3) is 0 Å². The first-order valence-corrected chi connectivity index (χ1v) is 6.73. The van der Waals surface area contributed by atoms with Gasteiger partial charge in [0.1, 0.15) is 5.82 Å². The molecule has 0 amide bonds. The maximum Gasteiger partial charge on any atom is 0.148 e. The van der Waals surface area contributed by atoms with Crippen LogP contribution in [0.4, 0.5) is 11.5 Å². The number of nitrogens with zero attached hydrogens (tertiary/aromatic N) is 2. The van der Waals surface area contributed by atoms with Crippen LogP contribution < -0.4 is 11.1 Å². The van der Waals surface area contributed by atoms with Gasteiger partial charge in [0.2, 0.25) is 0 Å². The van der Waals surface area contributed by atoms with E-state index in [0.717, 1.165) is 29.7 Å². The molecule has 0 radical (unpaired) electrons.